The number of aromatic nitrogens is 6. The zero-order valence-corrected chi connectivity index (χ0v) is 14.7. The van der Waals surface area contributed by atoms with Gasteiger partial charge in [0.15, 0.2) is 0 Å². The number of carbonyl (C=O) groups is 1. The van der Waals surface area contributed by atoms with Crippen molar-refractivity contribution in [2.24, 2.45) is 0 Å². The maximum absolute atomic E-state index is 13.1. The second kappa shape index (κ2) is 6.60. The zero-order chi connectivity index (χ0) is 19.0. The van der Waals surface area contributed by atoms with Gasteiger partial charge in [-0.3, -0.25) is 9.48 Å². The molecule has 0 unspecified atom stereocenters. The predicted molar refractivity (Wildman–Crippen MR) is 95.9 cm³/mol. The molecule has 0 spiro atoms. The molecule has 1 N–H and O–H groups in total. The molecule has 136 valence electrons. The Hall–Kier alpha value is -3.62. The molecule has 1 amide bonds. The van der Waals surface area contributed by atoms with Crippen molar-refractivity contribution in [2.45, 2.75) is 20.4 Å². The van der Waals surface area contributed by atoms with Crippen molar-refractivity contribution in [3.8, 4) is 0 Å². The number of nitrogens with one attached hydrogen (secondary N) is 1. The van der Waals surface area contributed by atoms with Gasteiger partial charge < -0.3 is 5.32 Å². The van der Waals surface area contributed by atoms with E-state index in [-0.39, 0.29) is 11.6 Å². The van der Waals surface area contributed by atoms with Crippen molar-refractivity contribution >= 4 is 17.4 Å². The lowest BCUT2D eigenvalue weighted by molar-refractivity contribution is 0.101. The van der Waals surface area contributed by atoms with Gasteiger partial charge in [-0.2, -0.15) is 10.1 Å². The maximum atomic E-state index is 13.1. The van der Waals surface area contributed by atoms with Gasteiger partial charge in [0.2, 0.25) is 5.82 Å². The van der Waals surface area contributed by atoms with Crippen LogP contribution in [0.1, 0.15) is 27.6 Å². The molecule has 0 radical (unpaired) electrons. The summed E-state index contributed by atoms with van der Waals surface area (Å²) in [7, 11) is 0. The summed E-state index contributed by atoms with van der Waals surface area (Å²) in [6.45, 7) is 4.14. The van der Waals surface area contributed by atoms with E-state index in [1.54, 1.807) is 35.3 Å². The molecule has 27 heavy (non-hydrogen) atoms. The van der Waals surface area contributed by atoms with Crippen molar-refractivity contribution in [3.63, 3.8) is 0 Å². The largest absolute Gasteiger partial charge is 0.316 e. The van der Waals surface area contributed by atoms with Crippen molar-refractivity contribution in [1.29, 1.82) is 0 Å². The number of halogens is 1. The van der Waals surface area contributed by atoms with Gasteiger partial charge in [-0.15, -0.1) is 5.10 Å². The highest BCUT2D eigenvalue weighted by Gasteiger charge is 2.19. The molecule has 0 fully saturated rings. The van der Waals surface area contributed by atoms with E-state index in [1.165, 1.54) is 16.6 Å². The fraction of sp³-hybridized carbons (Fsp3) is 0.167. The summed E-state index contributed by atoms with van der Waals surface area (Å²) in [5.74, 6) is -0.343. The first kappa shape index (κ1) is 16.8. The molecule has 3 heterocycles. The van der Waals surface area contributed by atoms with Gasteiger partial charge in [-0.25, -0.2) is 13.9 Å². The van der Waals surface area contributed by atoms with Gasteiger partial charge in [0, 0.05) is 12.4 Å². The van der Waals surface area contributed by atoms with Gasteiger partial charge >= 0.3 is 0 Å². The van der Waals surface area contributed by atoms with Gasteiger partial charge in [-0.05, 0) is 37.6 Å². The number of rotatable bonds is 4. The summed E-state index contributed by atoms with van der Waals surface area (Å²) in [4.78, 5) is 20.7. The number of benzene rings is 1. The molecule has 3 aromatic heterocycles. The highest BCUT2D eigenvalue weighted by molar-refractivity contribution is 6.02. The Morgan fingerprint density at radius 3 is 2.70 bits per heavy atom. The molecule has 4 rings (SSSR count). The van der Waals surface area contributed by atoms with Crippen LogP contribution >= 0.6 is 0 Å². The van der Waals surface area contributed by atoms with Crippen LogP contribution in [-0.2, 0) is 6.54 Å². The summed E-state index contributed by atoms with van der Waals surface area (Å²) in [5, 5.41) is 11.4. The average Bonchev–Trinajstić information content (AvgIpc) is 3.20. The Balaban J connectivity index is 1.57. The van der Waals surface area contributed by atoms with E-state index in [2.05, 4.69) is 25.5 Å². The molecule has 8 nitrogen and oxygen atoms in total. The van der Waals surface area contributed by atoms with Gasteiger partial charge in [0.25, 0.3) is 11.7 Å². The SMILES string of the molecule is Cc1nn(Cc2ccc(F)cc2)c(C)c1NC(=O)c1nc2ncccn2n1. The van der Waals surface area contributed by atoms with Crippen LogP contribution in [0, 0.1) is 19.7 Å². The smallest absolute Gasteiger partial charge is 0.295 e. The molecular weight excluding hydrogens is 349 g/mol. The number of hydrogen-bond acceptors (Lipinski definition) is 5. The number of carbonyl (C=O) groups excluding carboxylic acids is 1. The van der Waals surface area contributed by atoms with Crippen LogP contribution in [0.4, 0.5) is 10.1 Å². The third kappa shape index (κ3) is 3.26. The number of amides is 1. The summed E-state index contributed by atoms with van der Waals surface area (Å²) >= 11 is 0. The van der Waals surface area contributed by atoms with Crippen molar-refractivity contribution in [2.75, 3.05) is 5.32 Å². The van der Waals surface area contributed by atoms with E-state index < -0.39 is 5.91 Å². The molecule has 0 bridgehead atoms. The summed E-state index contributed by atoms with van der Waals surface area (Å²) < 4.78 is 16.3. The van der Waals surface area contributed by atoms with Crippen LogP contribution in [-0.4, -0.2) is 35.3 Å². The Bertz CT molecular complexity index is 1100. The minimum atomic E-state index is -0.437. The Labute approximate surface area is 153 Å². The van der Waals surface area contributed by atoms with Crippen LogP contribution in [0.2, 0.25) is 0 Å². The molecule has 9 heteroatoms. The number of aryl methyl sites for hydroxylation is 1. The standard InChI is InChI=1S/C18H16FN7O/c1-11-15(12(2)26(23-11)10-13-4-6-14(19)7-5-13)21-17(27)16-22-18-20-8-3-9-25(18)24-16/h3-9H,10H2,1-2H3,(H,21,27). The molecule has 0 atom stereocenters. The lowest BCUT2D eigenvalue weighted by Crippen LogP contribution is -2.15. The summed E-state index contributed by atoms with van der Waals surface area (Å²) in [6, 6.07) is 7.94. The second-order valence-corrected chi connectivity index (χ2v) is 6.08. The number of hydrogen-bond donors (Lipinski definition) is 1. The van der Waals surface area contributed by atoms with Crippen molar-refractivity contribution in [3.05, 3.63) is 71.3 Å². The average molecular weight is 365 g/mol. The fourth-order valence-electron chi connectivity index (χ4n) is 2.79. The second-order valence-electron chi connectivity index (χ2n) is 6.08. The predicted octanol–water partition coefficient (Wildman–Crippen LogP) is 2.38. The number of nitrogens with zero attached hydrogens (tertiary/aromatic N) is 6. The Morgan fingerprint density at radius 2 is 1.96 bits per heavy atom. The molecule has 0 aliphatic carbocycles. The first-order valence-corrected chi connectivity index (χ1v) is 8.28. The minimum absolute atomic E-state index is 0.0267. The highest BCUT2D eigenvalue weighted by Crippen LogP contribution is 2.21. The highest BCUT2D eigenvalue weighted by atomic mass is 19.1. The third-order valence-electron chi connectivity index (χ3n) is 4.19. The molecule has 0 aliphatic heterocycles. The summed E-state index contributed by atoms with van der Waals surface area (Å²) in [6.07, 6.45) is 3.25. The molecule has 4 aromatic rings. The first-order valence-electron chi connectivity index (χ1n) is 8.28. The lowest BCUT2D eigenvalue weighted by atomic mass is 10.2. The van der Waals surface area contributed by atoms with Crippen molar-refractivity contribution < 1.29 is 9.18 Å². The monoisotopic (exact) mass is 365 g/mol. The lowest BCUT2D eigenvalue weighted by Gasteiger charge is -2.06. The van der Waals surface area contributed by atoms with Gasteiger partial charge in [0.05, 0.1) is 23.6 Å². The van der Waals surface area contributed by atoms with Gasteiger partial charge in [0.1, 0.15) is 5.82 Å². The topological polar surface area (TPSA) is 90.0 Å². The molecule has 1 aromatic carbocycles. The van der Waals surface area contributed by atoms with Crippen molar-refractivity contribution in [1.82, 2.24) is 29.4 Å². The molecule has 0 saturated heterocycles. The molecule has 0 saturated carbocycles. The van der Waals surface area contributed by atoms with E-state index >= 15 is 0 Å². The number of anilines is 1. The Morgan fingerprint density at radius 1 is 1.19 bits per heavy atom. The van der Waals surface area contributed by atoms with E-state index in [9.17, 15) is 9.18 Å². The van der Waals surface area contributed by atoms with Crippen LogP contribution < -0.4 is 5.32 Å². The summed E-state index contributed by atoms with van der Waals surface area (Å²) in [5.41, 5.74) is 2.97. The van der Waals surface area contributed by atoms with Crippen LogP contribution in [0.5, 0.6) is 0 Å². The van der Waals surface area contributed by atoms with E-state index in [1.807, 2.05) is 13.8 Å². The zero-order valence-electron chi connectivity index (χ0n) is 14.7. The molecule has 0 aliphatic rings. The Kier molecular flexibility index (Phi) is 4.11. The van der Waals surface area contributed by atoms with Crippen LogP contribution in [0.3, 0.4) is 0 Å². The van der Waals surface area contributed by atoms with E-state index in [0.717, 1.165) is 11.3 Å². The first-order chi connectivity index (χ1) is 13.0. The van der Waals surface area contributed by atoms with E-state index in [4.69, 9.17) is 0 Å². The third-order valence-corrected chi connectivity index (χ3v) is 4.19. The van der Waals surface area contributed by atoms with Crippen LogP contribution in [0.15, 0.2) is 42.7 Å². The fourth-order valence-corrected chi connectivity index (χ4v) is 2.79. The normalized spacial score (nSPS) is 11.1. The minimum Gasteiger partial charge on any atom is -0.316 e. The number of fused-ring (bicyclic) bond motifs is 1. The van der Waals surface area contributed by atoms with Crippen LogP contribution in [0.25, 0.3) is 5.78 Å². The van der Waals surface area contributed by atoms with E-state index in [0.29, 0.717) is 23.7 Å². The quantitative estimate of drug-likeness (QED) is 0.600. The maximum Gasteiger partial charge on any atom is 0.295 e. The van der Waals surface area contributed by atoms with Gasteiger partial charge in [-0.1, -0.05) is 12.1 Å². The molecular formula is C18H16FN7O.